The fraction of sp³-hybridized carbons (Fsp3) is 0.533. The number of carbonyl (C=O) groups is 1. The first-order valence-electron chi connectivity index (χ1n) is 6.98. The number of carboxylic acids is 1. The van der Waals surface area contributed by atoms with E-state index in [1.807, 2.05) is 6.92 Å². The van der Waals surface area contributed by atoms with Gasteiger partial charge < -0.3 is 14.6 Å². The van der Waals surface area contributed by atoms with Crippen LogP contribution in [0, 0.1) is 0 Å². The molecule has 5 heteroatoms. The zero-order chi connectivity index (χ0) is 14.5. The predicted molar refractivity (Wildman–Crippen MR) is 79.8 cm³/mol. The summed E-state index contributed by atoms with van der Waals surface area (Å²) in [7, 11) is 0. The molecule has 20 heavy (non-hydrogen) atoms. The van der Waals surface area contributed by atoms with Crippen molar-refractivity contribution in [1.29, 1.82) is 0 Å². The van der Waals surface area contributed by atoms with E-state index in [1.165, 1.54) is 25.3 Å². The fourth-order valence-corrected chi connectivity index (χ4v) is 2.95. The Hall–Kier alpha value is -1.23. The Morgan fingerprint density at radius 3 is 2.65 bits per heavy atom. The van der Waals surface area contributed by atoms with Crippen LogP contribution in [0.2, 0.25) is 0 Å². The summed E-state index contributed by atoms with van der Waals surface area (Å²) in [5, 5.41) is 9.10. The van der Waals surface area contributed by atoms with E-state index in [1.54, 1.807) is 6.07 Å². The molecule has 2 rings (SSSR count). The van der Waals surface area contributed by atoms with Gasteiger partial charge in [-0.3, -0.25) is 0 Å². The molecule has 1 saturated carbocycles. The summed E-state index contributed by atoms with van der Waals surface area (Å²) in [6, 6.07) is 3.08. The molecule has 0 heterocycles. The smallest absolute Gasteiger partial charge is 0.335 e. The second kappa shape index (κ2) is 6.97. The lowest BCUT2D eigenvalue weighted by molar-refractivity contribution is 0.0696. The summed E-state index contributed by atoms with van der Waals surface area (Å²) in [5.74, 6) is 0.129. The number of hydrogen-bond acceptors (Lipinski definition) is 3. The minimum atomic E-state index is -0.976. The Bertz CT molecular complexity index is 481. The van der Waals surface area contributed by atoms with Gasteiger partial charge in [-0.1, -0.05) is 6.42 Å². The summed E-state index contributed by atoms with van der Waals surface area (Å²) in [5.41, 5.74) is 0.191. The highest BCUT2D eigenvalue weighted by Gasteiger charge is 2.21. The molecular weight excluding hydrogens is 324 g/mol. The van der Waals surface area contributed by atoms with Crippen molar-refractivity contribution < 1.29 is 19.4 Å². The van der Waals surface area contributed by atoms with Crippen LogP contribution in [0.3, 0.4) is 0 Å². The maximum Gasteiger partial charge on any atom is 0.335 e. The van der Waals surface area contributed by atoms with Crippen molar-refractivity contribution in [3.63, 3.8) is 0 Å². The molecule has 4 nitrogen and oxygen atoms in total. The maximum absolute atomic E-state index is 11.1. The Morgan fingerprint density at radius 1 is 1.35 bits per heavy atom. The topological polar surface area (TPSA) is 55.8 Å². The van der Waals surface area contributed by atoms with Gasteiger partial charge in [0.05, 0.1) is 22.7 Å². The third-order valence-electron chi connectivity index (χ3n) is 3.39. The van der Waals surface area contributed by atoms with Crippen LogP contribution in [-0.2, 0) is 0 Å². The van der Waals surface area contributed by atoms with E-state index in [-0.39, 0.29) is 11.7 Å². The second-order valence-electron chi connectivity index (χ2n) is 4.90. The van der Waals surface area contributed by atoms with Gasteiger partial charge in [0.25, 0.3) is 0 Å². The fourth-order valence-electron chi connectivity index (χ4n) is 2.42. The number of benzene rings is 1. The predicted octanol–water partition coefficient (Wildman–Crippen LogP) is 4.26. The van der Waals surface area contributed by atoms with E-state index in [2.05, 4.69) is 15.9 Å². The van der Waals surface area contributed by atoms with Gasteiger partial charge in [-0.2, -0.15) is 0 Å². The van der Waals surface area contributed by atoms with Crippen LogP contribution < -0.4 is 9.47 Å². The van der Waals surface area contributed by atoms with Gasteiger partial charge in [-0.05, 0) is 60.7 Å². The molecule has 0 atom stereocenters. The summed E-state index contributed by atoms with van der Waals surface area (Å²) in [6.07, 6.45) is 5.89. The Morgan fingerprint density at radius 2 is 2.05 bits per heavy atom. The molecule has 0 saturated heterocycles. The van der Waals surface area contributed by atoms with Crippen LogP contribution in [-0.4, -0.2) is 23.8 Å². The van der Waals surface area contributed by atoms with Gasteiger partial charge in [0.1, 0.15) is 0 Å². The number of ether oxygens (including phenoxy) is 2. The van der Waals surface area contributed by atoms with E-state index in [0.29, 0.717) is 22.6 Å². The van der Waals surface area contributed by atoms with Gasteiger partial charge in [0.2, 0.25) is 0 Å². The van der Waals surface area contributed by atoms with Crippen LogP contribution in [0.25, 0.3) is 0 Å². The molecular formula is C15H19BrO4. The van der Waals surface area contributed by atoms with Crippen molar-refractivity contribution in [2.45, 2.75) is 45.1 Å². The molecule has 1 aliphatic carbocycles. The standard InChI is InChI=1S/C15H19BrO4/c1-2-19-13-9-10(15(17)18)8-12(16)14(13)20-11-6-4-3-5-7-11/h8-9,11H,2-7H2,1H3,(H,17,18). The minimum absolute atomic E-state index is 0.190. The number of halogens is 1. The first-order chi connectivity index (χ1) is 9.61. The minimum Gasteiger partial charge on any atom is -0.490 e. The van der Waals surface area contributed by atoms with E-state index in [4.69, 9.17) is 14.6 Å². The highest BCUT2D eigenvalue weighted by atomic mass is 79.9. The SMILES string of the molecule is CCOc1cc(C(=O)O)cc(Br)c1OC1CCCCC1. The van der Waals surface area contributed by atoms with Crippen LogP contribution in [0.5, 0.6) is 11.5 Å². The van der Waals surface area contributed by atoms with Crippen molar-refractivity contribution in [3.05, 3.63) is 22.2 Å². The molecule has 110 valence electrons. The zero-order valence-electron chi connectivity index (χ0n) is 11.5. The number of carboxylic acid groups (broad SMARTS) is 1. The monoisotopic (exact) mass is 342 g/mol. The molecule has 0 amide bonds. The lowest BCUT2D eigenvalue weighted by Crippen LogP contribution is -2.20. The number of rotatable bonds is 5. The van der Waals surface area contributed by atoms with Gasteiger partial charge >= 0.3 is 5.97 Å². The Kier molecular flexibility index (Phi) is 5.29. The first-order valence-corrected chi connectivity index (χ1v) is 7.77. The molecule has 1 N–H and O–H groups in total. The lowest BCUT2D eigenvalue weighted by Gasteiger charge is -2.25. The summed E-state index contributed by atoms with van der Waals surface area (Å²) >= 11 is 3.39. The van der Waals surface area contributed by atoms with Crippen molar-refractivity contribution in [2.75, 3.05) is 6.61 Å². The van der Waals surface area contributed by atoms with Gasteiger partial charge in [0.15, 0.2) is 11.5 Å². The van der Waals surface area contributed by atoms with Crippen LogP contribution in [0.15, 0.2) is 16.6 Å². The third-order valence-corrected chi connectivity index (χ3v) is 3.98. The molecule has 1 fully saturated rings. The first kappa shape index (κ1) is 15.2. The zero-order valence-corrected chi connectivity index (χ0v) is 13.1. The molecule has 0 aliphatic heterocycles. The molecule has 1 aromatic rings. The number of hydrogen-bond donors (Lipinski definition) is 1. The second-order valence-corrected chi connectivity index (χ2v) is 5.76. The van der Waals surface area contributed by atoms with Gasteiger partial charge in [0, 0.05) is 0 Å². The average Bonchev–Trinajstić information content (AvgIpc) is 2.43. The maximum atomic E-state index is 11.1. The van der Waals surface area contributed by atoms with Crippen LogP contribution in [0.4, 0.5) is 0 Å². The average molecular weight is 343 g/mol. The van der Waals surface area contributed by atoms with Crippen molar-refractivity contribution in [2.24, 2.45) is 0 Å². The largest absolute Gasteiger partial charge is 0.490 e. The number of aromatic carboxylic acids is 1. The lowest BCUT2D eigenvalue weighted by atomic mass is 9.98. The summed E-state index contributed by atoms with van der Waals surface area (Å²) in [6.45, 7) is 2.34. The van der Waals surface area contributed by atoms with Gasteiger partial charge in [-0.15, -0.1) is 0 Å². The Balaban J connectivity index is 2.27. The normalized spacial score (nSPS) is 15.9. The van der Waals surface area contributed by atoms with E-state index >= 15 is 0 Å². The third kappa shape index (κ3) is 3.66. The van der Waals surface area contributed by atoms with Crippen molar-refractivity contribution >= 4 is 21.9 Å². The quantitative estimate of drug-likeness (QED) is 0.868. The Labute approximate surface area is 127 Å². The highest BCUT2D eigenvalue weighted by molar-refractivity contribution is 9.10. The summed E-state index contributed by atoms with van der Waals surface area (Å²) in [4.78, 5) is 11.1. The van der Waals surface area contributed by atoms with Gasteiger partial charge in [-0.25, -0.2) is 4.79 Å². The molecule has 0 spiro atoms. The molecule has 1 aliphatic rings. The van der Waals surface area contributed by atoms with Crippen LogP contribution in [0.1, 0.15) is 49.4 Å². The molecule has 0 aromatic heterocycles. The molecule has 1 aromatic carbocycles. The molecule has 0 unspecified atom stereocenters. The summed E-state index contributed by atoms with van der Waals surface area (Å²) < 4.78 is 12.2. The highest BCUT2D eigenvalue weighted by Crippen LogP contribution is 2.39. The van der Waals surface area contributed by atoms with E-state index in [0.717, 1.165) is 12.8 Å². The van der Waals surface area contributed by atoms with Crippen molar-refractivity contribution in [1.82, 2.24) is 0 Å². The van der Waals surface area contributed by atoms with Crippen LogP contribution >= 0.6 is 15.9 Å². The molecule has 0 bridgehead atoms. The van der Waals surface area contributed by atoms with E-state index in [9.17, 15) is 4.79 Å². The van der Waals surface area contributed by atoms with Crippen molar-refractivity contribution in [3.8, 4) is 11.5 Å². The molecule has 0 radical (unpaired) electrons. The van der Waals surface area contributed by atoms with E-state index < -0.39 is 5.97 Å².